The summed E-state index contributed by atoms with van der Waals surface area (Å²) in [6, 6.07) is 0.886. The van der Waals surface area contributed by atoms with Crippen LogP contribution in [0.25, 0.3) is 0 Å². The molecule has 0 N–H and O–H groups in total. The van der Waals surface area contributed by atoms with Crippen LogP contribution in [-0.4, -0.2) is 70.0 Å². The molecule has 2 aliphatic rings. The van der Waals surface area contributed by atoms with Gasteiger partial charge in [-0.2, -0.15) is 13.2 Å². The zero-order valence-electron chi connectivity index (χ0n) is 15.0. The van der Waals surface area contributed by atoms with Gasteiger partial charge in [-0.3, -0.25) is 4.79 Å². The van der Waals surface area contributed by atoms with E-state index in [1.54, 1.807) is 9.80 Å². The third-order valence-corrected chi connectivity index (χ3v) is 6.55. The number of likely N-dealkylation sites (tertiary alicyclic amines) is 1. The van der Waals surface area contributed by atoms with Crippen LogP contribution >= 0.6 is 35.6 Å². The number of thiocarbonyl (C=S) groups is 1. The highest BCUT2D eigenvalue weighted by atomic mass is 35.5. The van der Waals surface area contributed by atoms with Gasteiger partial charge in [-0.15, -0.1) is 0 Å². The van der Waals surface area contributed by atoms with Crippen molar-refractivity contribution in [1.29, 1.82) is 0 Å². The molecule has 1 aromatic rings. The molecule has 154 valence electrons. The van der Waals surface area contributed by atoms with Crippen LogP contribution in [0.4, 0.5) is 19.0 Å². The van der Waals surface area contributed by atoms with Gasteiger partial charge in [-0.25, -0.2) is 4.98 Å². The SMILES string of the molecule is O=C(CSC(=S)N1CCCC1)N1CCN(c2ncc(C(F)(F)F)cc2Cl)CC1. The number of nitrogens with zero attached hydrogens (tertiary/aromatic N) is 4. The van der Waals surface area contributed by atoms with Gasteiger partial charge in [-0.05, 0) is 18.9 Å². The highest BCUT2D eigenvalue weighted by Crippen LogP contribution is 2.33. The molecule has 28 heavy (non-hydrogen) atoms. The van der Waals surface area contributed by atoms with Crippen molar-refractivity contribution in [2.45, 2.75) is 19.0 Å². The molecule has 2 fully saturated rings. The number of carbonyl (C=O) groups excluding carboxylic acids is 1. The van der Waals surface area contributed by atoms with Crippen LogP contribution in [-0.2, 0) is 11.0 Å². The minimum Gasteiger partial charge on any atom is -0.358 e. The quantitative estimate of drug-likeness (QED) is 0.653. The number of alkyl halides is 3. The lowest BCUT2D eigenvalue weighted by Gasteiger charge is -2.36. The number of hydrogen-bond acceptors (Lipinski definition) is 5. The second-order valence-electron chi connectivity index (χ2n) is 6.64. The zero-order valence-corrected chi connectivity index (χ0v) is 17.4. The Morgan fingerprint density at radius 2 is 1.79 bits per heavy atom. The van der Waals surface area contributed by atoms with E-state index < -0.39 is 11.7 Å². The average molecular weight is 453 g/mol. The summed E-state index contributed by atoms with van der Waals surface area (Å²) in [7, 11) is 0. The smallest absolute Gasteiger partial charge is 0.358 e. The molecule has 5 nitrogen and oxygen atoms in total. The first-order valence-corrected chi connectivity index (χ1v) is 10.7. The normalized spacial score (nSPS) is 17.9. The van der Waals surface area contributed by atoms with Crippen molar-refractivity contribution >= 4 is 51.6 Å². The van der Waals surface area contributed by atoms with Crippen molar-refractivity contribution in [2.75, 3.05) is 49.9 Å². The molecule has 0 bridgehead atoms. The maximum Gasteiger partial charge on any atom is 0.417 e. The summed E-state index contributed by atoms with van der Waals surface area (Å²) >= 11 is 12.8. The largest absolute Gasteiger partial charge is 0.417 e. The Kier molecular flexibility index (Phi) is 6.93. The first kappa shape index (κ1) is 21.4. The summed E-state index contributed by atoms with van der Waals surface area (Å²) in [5.41, 5.74) is -0.874. The number of carbonyl (C=O) groups is 1. The van der Waals surface area contributed by atoms with Crippen LogP contribution < -0.4 is 4.90 Å². The van der Waals surface area contributed by atoms with E-state index in [1.807, 2.05) is 0 Å². The number of pyridine rings is 1. The monoisotopic (exact) mass is 452 g/mol. The minimum absolute atomic E-state index is 0.0117. The molecule has 3 rings (SSSR count). The van der Waals surface area contributed by atoms with Gasteiger partial charge >= 0.3 is 6.18 Å². The van der Waals surface area contributed by atoms with Gasteiger partial charge in [0.25, 0.3) is 0 Å². The first-order chi connectivity index (χ1) is 13.3. The van der Waals surface area contributed by atoms with Crippen molar-refractivity contribution < 1.29 is 18.0 Å². The summed E-state index contributed by atoms with van der Waals surface area (Å²) < 4.78 is 39.0. The van der Waals surface area contributed by atoms with Crippen LogP contribution in [0, 0.1) is 0 Å². The van der Waals surface area contributed by atoms with Gasteiger partial charge in [0.1, 0.15) is 10.1 Å². The van der Waals surface area contributed by atoms with Gasteiger partial charge in [0, 0.05) is 45.5 Å². The molecule has 0 aromatic carbocycles. The Balaban J connectivity index is 1.50. The Morgan fingerprint density at radius 1 is 1.14 bits per heavy atom. The lowest BCUT2D eigenvalue weighted by molar-refractivity contribution is -0.137. The van der Waals surface area contributed by atoms with Crippen molar-refractivity contribution in [1.82, 2.24) is 14.8 Å². The fourth-order valence-corrected chi connectivity index (χ4v) is 4.63. The molecule has 1 amide bonds. The number of piperazine rings is 1. The van der Waals surface area contributed by atoms with Gasteiger partial charge in [-0.1, -0.05) is 35.6 Å². The number of thioether (sulfide) groups is 1. The minimum atomic E-state index is -4.48. The van der Waals surface area contributed by atoms with Crippen LogP contribution in [0.15, 0.2) is 12.3 Å². The zero-order chi connectivity index (χ0) is 20.3. The molecule has 0 unspecified atom stereocenters. The third-order valence-electron chi connectivity index (χ3n) is 4.76. The van der Waals surface area contributed by atoms with Crippen molar-refractivity contribution in [3.8, 4) is 0 Å². The summed E-state index contributed by atoms with van der Waals surface area (Å²) in [5, 5.41) is -0.0406. The predicted molar refractivity (Wildman–Crippen MR) is 109 cm³/mol. The van der Waals surface area contributed by atoms with Gasteiger partial charge in [0.15, 0.2) is 0 Å². The second-order valence-corrected chi connectivity index (χ2v) is 8.66. The van der Waals surface area contributed by atoms with E-state index in [4.69, 9.17) is 23.8 Å². The highest BCUT2D eigenvalue weighted by Gasteiger charge is 2.32. The molecule has 3 heterocycles. The number of aromatic nitrogens is 1. The molecule has 1 aromatic heterocycles. The van der Waals surface area contributed by atoms with Gasteiger partial charge in [0.05, 0.1) is 16.3 Å². The Bertz CT molecular complexity index is 736. The Hall–Kier alpha value is -1.26. The van der Waals surface area contributed by atoms with Crippen molar-refractivity contribution in [2.24, 2.45) is 0 Å². The Labute approximate surface area is 176 Å². The molecule has 0 spiro atoms. The van der Waals surface area contributed by atoms with Crippen molar-refractivity contribution in [3.05, 3.63) is 22.8 Å². The lowest BCUT2D eigenvalue weighted by Crippen LogP contribution is -2.49. The van der Waals surface area contributed by atoms with Crippen LogP contribution in [0.1, 0.15) is 18.4 Å². The lowest BCUT2D eigenvalue weighted by atomic mass is 10.2. The highest BCUT2D eigenvalue weighted by molar-refractivity contribution is 8.23. The maximum atomic E-state index is 12.7. The molecule has 0 saturated carbocycles. The van der Waals surface area contributed by atoms with E-state index in [2.05, 4.69) is 9.88 Å². The van der Waals surface area contributed by atoms with E-state index in [1.165, 1.54) is 11.8 Å². The topological polar surface area (TPSA) is 39.7 Å². The summed E-state index contributed by atoms with van der Waals surface area (Å²) in [4.78, 5) is 22.0. The van der Waals surface area contributed by atoms with Crippen LogP contribution in [0.5, 0.6) is 0 Å². The van der Waals surface area contributed by atoms with Crippen LogP contribution in [0.3, 0.4) is 0 Å². The summed E-state index contributed by atoms with van der Waals surface area (Å²) in [6.45, 7) is 3.78. The fourth-order valence-electron chi connectivity index (χ4n) is 3.19. The number of anilines is 1. The summed E-state index contributed by atoms with van der Waals surface area (Å²) in [6.07, 6.45) is -1.42. The molecule has 11 heteroatoms. The third kappa shape index (κ3) is 5.21. The standard InChI is InChI=1S/C17H20ClF3N4OS2/c18-13-9-12(17(19,20)21)10-22-15(13)24-7-5-23(6-8-24)14(26)11-28-16(27)25-3-1-2-4-25/h9-10H,1-8,11H2. The second kappa shape index (κ2) is 9.04. The molecule has 0 aliphatic carbocycles. The van der Waals surface area contributed by atoms with E-state index in [-0.39, 0.29) is 10.9 Å². The number of rotatable bonds is 3. The maximum absolute atomic E-state index is 12.7. The van der Waals surface area contributed by atoms with Crippen molar-refractivity contribution in [3.63, 3.8) is 0 Å². The predicted octanol–water partition coefficient (Wildman–Crippen LogP) is 3.52. The van der Waals surface area contributed by atoms with E-state index in [9.17, 15) is 18.0 Å². The Morgan fingerprint density at radius 3 is 2.36 bits per heavy atom. The summed E-state index contributed by atoms with van der Waals surface area (Å²) in [5.74, 6) is 0.623. The fraction of sp³-hybridized carbons (Fsp3) is 0.588. The number of hydrogen-bond donors (Lipinski definition) is 0. The molecular weight excluding hydrogens is 433 g/mol. The first-order valence-electron chi connectivity index (χ1n) is 8.93. The average Bonchev–Trinajstić information content (AvgIpc) is 3.20. The molecule has 0 radical (unpaired) electrons. The van der Waals surface area contributed by atoms with E-state index in [0.29, 0.717) is 37.7 Å². The van der Waals surface area contributed by atoms with Gasteiger partial charge in [0.2, 0.25) is 5.91 Å². The van der Waals surface area contributed by atoms with Crippen LogP contribution in [0.2, 0.25) is 5.02 Å². The number of halogens is 4. The van der Waals surface area contributed by atoms with Gasteiger partial charge < -0.3 is 14.7 Å². The molecule has 0 atom stereocenters. The molecule has 2 aliphatic heterocycles. The molecule has 2 saturated heterocycles. The number of amides is 1. The molecular formula is C17H20ClF3N4OS2. The van der Waals surface area contributed by atoms with E-state index >= 15 is 0 Å². The van der Waals surface area contributed by atoms with E-state index in [0.717, 1.165) is 42.5 Å².